The van der Waals surface area contributed by atoms with E-state index >= 15 is 0 Å². The van der Waals surface area contributed by atoms with Gasteiger partial charge in [-0.15, -0.1) is 0 Å². The fraction of sp³-hybridized carbons (Fsp3) is 0.889. The van der Waals surface area contributed by atoms with Gasteiger partial charge in [-0.05, 0) is 12.3 Å². The lowest BCUT2D eigenvalue weighted by atomic mass is 10.1. The number of nitrogens with one attached hydrogen (secondary N) is 1. The van der Waals surface area contributed by atoms with E-state index in [1.807, 2.05) is 0 Å². The van der Waals surface area contributed by atoms with Crippen LogP contribution in [-0.2, 0) is 4.79 Å². The Morgan fingerprint density at radius 2 is 2.46 bits per heavy atom. The molecule has 0 saturated carbocycles. The molecule has 2 aliphatic heterocycles. The van der Waals surface area contributed by atoms with E-state index < -0.39 is 0 Å². The molecule has 74 valence electrons. The quantitative estimate of drug-likeness (QED) is 0.590. The molecule has 2 saturated heterocycles. The standard InChI is InChI=1S/C9H16N2O2/c12-8-1-2-11(6-8)5-7-3-9(13)10-4-7/h7-8,12H,1-6H2,(H,10,13)/t7-,8-/m1/s1. The molecule has 0 radical (unpaired) electrons. The highest BCUT2D eigenvalue weighted by atomic mass is 16.3. The summed E-state index contributed by atoms with van der Waals surface area (Å²) in [5, 5.41) is 12.1. The lowest BCUT2D eigenvalue weighted by Gasteiger charge is -2.18. The Morgan fingerprint density at radius 1 is 1.62 bits per heavy atom. The van der Waals surface area contributed by atoms with Gasteiger partial charge in [0, 0.05) is 32.6 Å². The fourth-order valence-corrected chi connectivity index (χ4v) is 2.14. The van der Waals surface area contributed by atoms with Crippen LogP contribution in [0.4, 0.5) is 0 Å². The molecule has 0 aromatic heterocycles. The fourth-order valence-electron chi connectivity index (χ4n) is 2.14. The summed E-state index contributed by atoms with van der Waals surface area (Å²) >= 11 is 0. The zero-order valence-corrected chi connectivity index (χ0v) is 7.70. The highest BCUT2D eigenvalue weighted by molar-refractivity contribution is 5.78. The van der Waals surface area contributed by atoms with Gasteiger partial charge in [0.25, 0.3) is 0 Å². The van der Waals surface area contributed by atoms with Gasteiger partial charge in [-0.3, -0.25) is 4.79 Å². The number of aliphatic hydroxyl groups excluding tert-OH is 1. The third kappa shape index (κ3) is 2.19. The molecule has 1 amide bonds. The summed E-state index contributed by atoms with van der Waals surface area (Å²) in [6, 6.07) is 0. The van der Waals surface area contributed by atoms with Gasteiger partial charge < -0.3 is 15.3 Å². The molecule has 0 bridgehead atoms. The summed E-state index contributed by atoms with van der Waals surface area (Å²) in [5.74, 6) is 0.627. The number of β-amino-alcohol motifs (C(OH)–C–C–N with tert-alkyl or cyclic N) is 1. The number of rotatable bonds is 2. The Bertz CT molecular complexity index is 208. The first-order chi connectivity index (χ1) is 6.24. The van der Waals surface area contributed by atoms with Gasteiger partial charge in [-0.1, -0.05) is 0 Å². The van der Waals surface area contributed by atoms with Crippen molar-refractivity contribution in [1.29, 1.82) is 0 Å². The SMILES string of the molecule is O=C1C[C@@H](CN2CC[C@@H](O)C2)CN1. The number of likely N-dealkylation sites (tertiary alicyclic amines) is 1. The van der Waals surface area contributed by atoms with Crippen LogP contribution in [0.25, 0.3) is 0 Å². The van der Waals surface area contributed by atoms with Crippen LogP contribution in [0.2, 0.25) is 0 Å². The van der Waals surface area contributed by atoms with Crippen LogP contribution in [0, 0.1) is 5.92 Å². The van der Waals surface area contributed by atoms with Crippen molar-refractivity contribution in [3.05, 3.63) is 0 Å². The van der Waals surface area contributed by atoms with Crippen molar-refractivity contribution in [3.8, 4) is 0 Å². The van der Waals surface area contributed by atoms with Gasteiger partial charge in [0.2, 0.25) is 5.91 Å². The average Bonchev–Trinajstić information content (AvgIpc) is 2.62. The van der Waals surface area contributed by atoms with Gasteiger partial charge in [0.05, 0.1) is 6.10 Å². The van der Waals surface area contributed by atoms with Crippen LogP contribution < -0.4 is 5.32 Å². The lowest BCUT2D eigenvalue weighted by molar-refractivity contribution is -0.119. The van der Waals surface area contributed by atoms with Crippen LogP contribution in [0.5, 0.6) is 0 Å². The number of aliphatic hydroxyl groups is 1. The number of carbonyl (C=O) groups is 1. The number of hydrogen-bond acceptors (Lipinski definition) is 3. The molecule has 2 fully saturated rings. The molecule has 4 nitrogen and oxygen atoms in total. The summed E-state index contributed by atoms with van der Waals surface area (Å²) in [7, 11) is 0. The molecule has 2 N–H and O–H groups in total. The number of amides is 1. The first-order valence-electron chi connectivity index (χ1n) is 4.91. The van der Waals surface area contributed by atoms with Crippen LogP contribution in [0.15, 0.2) is 0 Å². The third-order valence-corrected chi connectivity index (χ3v) is 2.83. The van der Waals surface area contributed by atoms with Crippen molar-refractivity contribution < 1.29 is 9.90 Å². The number of nitrogens with zero attached hydrogens (tertiary/aromatic N) is 1. The second-order valence-corrected chi connectivity index (χ2v) is 4.08. The van der Waals surface area contributed by atoms with Gasteiger partial charge in [-0.25, -0.2) is 0 Å². The van der Waals surface area contributed by atoms with Gasteiger partial charge in [0.1, 0.15) is 0 Å². The van der Waals surface area contributed by atoms with Crippen molar-refractivity contribution in [3.63, 3.8) is 0 Å². The number of carbonyl (C=O) groups excluding carboxylic acids is 1. The molecular weight excluding hydrogens is 168 g/mol. The van der Waals surface area contributed by atoms with E-state index in [1.54, 1.807) is 0 Å². The largest absolute Gasteiger partial charge is 0.392 e. The minimum absolute atomic E-state index is 0.148. The summed E-state index contributed by atoms with van der Waals surface area (Å²) < 4.78 is 0. The predicted molar refractivity (Wildman–Crippen MR) is 48.2 cm³/mol. The molecule has 0 aromatic rings. The molecule has 2 atom stereocenters. The zero-order chi connectivity index (χ0) is 9.26. The van der Waals surface area contributed by atoms with Crippen molar-refractivity contribution in [1.82, 2.24) is 10.2 Å². The van der Waals surface area contributed by atoms with E-state index in [-0.39, 0.29) is 12.0 Å². The van der Waals surface area contributed by atoms with Crippen molar-refractivity contribution in [2.75, 3.05) is 26.2 Å². The van der Waals surface area contributed by atoms with Gasteiger partial charge >= 0.3 is 0 Å². The molecule has 4 heteroatoms. The normalized spacial score (nSPS) is 35.3. The topological polar surface area (TPSA) is 52.6 Å². The molecule has 2 heterocycles. The zero-order valence-electron chi connectivity index (χ0n) is 7.70. The van der Waals surface area contributed by atoms with Gasteiger partial charge in [-0.2, -0.15) is 0 Å². The predicted octanol–water partition coefficient (Wildman–Crippen LogP) is -0.811. The van der Waals surface area contributed by atoms with Crippen molar-refractivity contribution in [2.45, 2.75) is 18.9 Å². The Labute approximate surface area is 77.9 Å². The maximum absolute atomic E-state index is 10.9. The Hall–Kier alpha value is -0.610. The molecule has 0 unspecified atom stereocenters. The molecule has 0 aliphatic carbocycles. The van der Waals surface area contributed by atoms with Crippen LogP contribution in [0.1, 0.15) is 12.8 Å². The first kappa shape index (κ1) is 8.97. The minimum atomic E-state index is -0.148. The second-order valence-electron chi connectivity index (χ2n) is 4.08. The smallest absolute Gasteiger partial charge is 0.220 e. The Kier molecular flexibility index (Phi) is 2.51. The highest BCUT2D eigenvalue weighted by Gasteiger charge is 2.27. The first-order valence-corrected chi connectivity index (χ1v) is 4.91. The molecule has 2 aliphatic rings. The Morgan fingerprint density at radius 3 is 3.00 bits per heavy atom. The Balaban J connectivity index is 1.75. The van der Waals surface area contributed by atoms with Crippen molar-refractivity contribution >= 4 is 5.91 Å². The molecule has 13 heavy (non-hydrogen) atoms. The van der Waals surface area contributed by atoms with Crippen LogP contribution >= 0.6 is 0 Å². The van der Waals surface area contributed by atoms with E-state index in [9.17, 15) is 9.90 Å². The van der Waals surface area contributed by atoms with E-state index in [0.717, 1.165) is 32.6 Å². The second kappa shape index (κ2) is 3.64. The minimum Gasteiger partial charge on any atom is -0.392 e. The van der Waals surface area contributed by atoms with E-state index in [0.29, 0.717) is 12.3 Å². The molecule has 0 aromatic carbocycles. The highest BCUT2D eigenvalue weighted by Crippen LogP contribution is 2.15. The maximum Gasteiger partial charge on any atom is 0.220 e. The van der Waals surface area contributed by atoms with E-state index in [1.165, 1.54) is 0 Å². The van der Waals surface area contributed by atoms with Crippen LogP contribution in [0.3, 0.4) is 0 Å². The molecule has 0 spiro atoms. The van der Waals surface area contributed by atoms with Crippen LogP contribution in [-0.4, -0.2) is 48.2 Å². The molecule has 2 rings (SSSR count). The number of hydrogen-bond donors (Lipinski definition) is 2. The maximum atomic E-state index is 10.9. The average molecular weight is 184 g/mol. The monoisotopic (exact) mass is 184 g/mol. The summed E-state index contributed by atoms with van der Waals surface area (Å²) in [6.45, 7) is 3.53. The summed E-state index contributed by atoms with van der Waals surface area (Å²) in [4.78, 5) is 13.2. The lowest BCUT2D eigenvalue weighted by Crippen LogP contribution is -2.29. The molecular formula is C9H16N2O2. The van der Waals surface area contributed by atoms with E-state index in [4.69, 9.17) is 0 Å². The van der Waals surface area contributed by atoms with E-state index in [2.05, 4.69) is 10.2 Å². The van der Waals surface area contributed by atoms with Crippen molar-refractivity contribution in [2.24, 2.45) is 5.92 Å². The summed E-state index contributed by atoms with van der Waals surface area (Å²) in [5.41, 5.74) is 0. The van der Waals surface area contributed by atoms with Gasteiger partial charge in [0.15, 0.2) is 0 Å². The summed E-state index contributed by atoms with van der Waals surface area (Å²) in [6.07, 6.45) is 1.39. The third-order valence-electron chi connectivity index (χ3n) is 2.83.